The smallest absolute Gasteiger partial charge is 0.271 e. The number of nitrogens with one attached hydrogen (secondary N) is 1. The molecule has 8 heteroatoms. The molecule has 1 N–H and O–H groups in total. The Kier molecular flexibility index (Phi) is 5.35. The van der Waals surface area contributed by atoms with Crippen molar-refractivity contribution in [3.63, 3.8) is 0 Å². The maximum absolute atomic E-state index is 14.3. The molecule has 2 bridgehead atoms. The van der Waals surface area contributed by atoms with Crippen molar-refractivity contribution in [3.8, 4) is 0 Å². The SMILES string of the molecule is O=C(N/N=C/C12c3ccccc3C(c3ccccc31)[C@H]1C(=O)N(c3ccc(Br)cc3)C(=O)[C@@H]12)c1ccncc1. The Labute approximate surface area is 232 Å². The topological polar surface area (TPSA) is 91.7 Å². The number of aromatic nitrogens is 1. The van der Waals surface area contributed by atoms with Gasteiger partial charge in [-0.3, -0.25) is 19.4 Å². The van der Waals surface area contributed by atoms with Gasteiger partial charge in [0, 0.05) is 34.6 Å². The number of hydrogen-bond donors (Lipinski definition) is 1. The number of amides is 3. The van der Waals surface area contributed by atoms with E-state index in [0.29, 0.717) is 11.3 Å². The summed E-state index contributed by atoms with van der Waals surface area (Å²) in [5.74, 6) is -2.47. The number of nitrogens with zero attached hydrogens (tertiary/aromatic N) is 3. The second-order valence-electron chi connectivity index (χ2n) is 9.95. The molecule has 3 aliphatic carbocycles. The van der Waals surface area contributed by atoms with E-state index in [-0.39, 0.29) is 17.7 Å². The second kappa shape index (κ2) is 8.81. The molecule has 39 heavy (non-hydrogen) atoms. The summed E-state index contributed by atoms with van der Waals surface area (Å²) in [7, 11) is 0. The second-order valence-corrected chi connectivity index (χ2v) is 10.9. The third-order valence-corrected chi connectivity index (χ3v) is 8.67. The average Bonchev–Trinajstić information content (AvgIpc) is 3.25. The van der Waals surface area contributed by atoms with Crippen LogP contribution in [0.2, 0.25) is 0 Å². The van der Waals surface area contributed by atoms with Gasteiger partial charge in [0.2, 0.25) is 11.8 Å². The fourth-order valence-corrected chi connectivity index (χ4v) is 6.92. The van der Waals surface area contributed by atoms with E-state index in [9.17, 15) is 14.4 Å². The minimum absolute atomic E-state index is 0.222. The van der Waals surface area contributed by atoms with Gasteiger partial charge < -0.3 is 0 Å². The molecule has 1 saturated heterocycles. The minimum Gasteiger partial charge on any atom is -0.274 e. The lowest BCUT2D eigenvalue weighted by atomic mass is 9.47. The fraction of sp³-hybridized carbons (Fsp3) is 0.129. The first-order chi connectivity index (χ1) is 19.0. The minimum atomic E-state index is -1.05. The van der Waals surface area contributed by atoms with E-state index < -0.39 is 23.2 Å². The standard InChI is InChI=1S/C31H21BrN4O3/c32-19-9-11-20(12-10-19)36-29(38)26-25-21-5-1-3-7-23(21)31(27(26)30(36)39,24-8-4-2-6-22(24)25)17-34-35-28(37)18-13-15-33-16-14-18/h1-17,25-27H,(H,35,37)/b34-17+/t25?,26-,27-,31?/m1/s1. The molecule has 190 valence electrons. The molecular weight excluding hydrogens is 556 g/mol. The number of pyridine rings is 1. The molecule has 3 aromatic carbocycles. The Balaban J connectivity index is 1.41. The van der Waals surface area contributed by atoms with Gasteiger partial charge in [-0.25, -0.2) is 10.3 Å². The van der Waals surface area contributed by atoms with E-state index >= 15 is 0 Å². The molecule has 7 nitrogen and oxygen atoms in total. The van der Waals surface area contributed by atoms with Gasteiger partial charge in [-0.1, -0.05) is 64.5 Å². The number of hydrazone groups is 1. The third kappa shape index (κ3) is 3.31. The Morgan fingerprint density at radius 3 is 2.13 bits per heavy atom. The maximum Gasteiger partial charge on any atom is 0.271 e. The van der Waals surface area contributed by atoms with Gasteiger partial charge in [0.05, 0.1) is 22.9 Å². The van der Waals surface area contributed by atoms with E-state index in [1.54, 1.807) is 30.5 Å². The molecule has 0 radical (unpaired) electrons. The maximum atomic E-state index is 14.3. The lowest BCUT2D eigenvalue weighted by Gasteiger charge is -2.52. The van der Waals surface area contributed by atoms with Gasteiger partial charge in [0.25, 0.3) is 5.91 Å². The first-order valence-electron chi connectivity index (χ1n) is 12.6. The molecule has 1 fully saturated rings. The highest BCUT2D eigenvalue weighted by molar-refractivity contribution is 9.10. The average molecular weight is 577 g/mol. The third-order valence-electron chi connectivity index (χ3n) is 8.15. The number of rotatable bonds is 4. The molecule has 2 heterocycles. The number of halogens is 1. The molecule has 0 spiro atoms. The number of imide groups is 1. The van der Waals surface area contributed by atoms with E-state index in [1.165, 1.54) is 17.3 Å². The van der Waals surface area contributed by atoms with Crippen LogP contribution in [0.4, 0.5) is 5.69 Å². The first-order valence-corrected chi connectivity index (χ1v) is 13.4. The predicted octanol–water partition coefficient (Wildman–Crippen LogP) is 4.81. The van der Waals surface area contributed by atoms with Crippen LogP contribution in [0.15, 0.2) is 107 Å². The Morgan fingerprint density at radius 2 is 1.49 bits per heavy atom. The van der Waals surface area contributed by atoms with E-state index in [2.05, 4.69) is 31.4 Å². The van der Waals surface area contributed by atoms with E-state index in [1.807, 2.05) is 60.7 Å². The summed E-state index contributed by atoms with van der Waals surface area (Å²) >= 11 is 3.44. The van der Waals surface area contributed by atoms with Crippen LogP contribution in [0, 0.1) is 11.8 Å². The predicted molar refractivity (Wildman–Crippen MR) is 149 cm³/mol. The van der Waals surface area contributed by atoms with Crippen molar-refractivity contribution in [2.24, 2.45) is 16.9 Å². The number of benzene rings is 3. The summed E-state index contributed by atoms with van der Waals surface area (Å²) in [4.78, 5) is 46.5. The van der Waals surface area contributed by atoms with Crippen LogP contribution in [0.5, 0.6) is 0 Å². The Hall–Kier alpha value is -4.43. The number of anilines is 1. The van der Waals surface area contributed by atoms with Crippen molar-refractivity contribution in [1.82, 2.24) is 10.4 Å². The summed E-state index contributed by atoms with van der Waals surface area (Å²) in [6.07, 6.45) is 4.74. The number of carbonyl (C=O) groups is 3. The highest BCUT2D eigenvalue weighted by Crippen LogP contribution is 2.63. The van der Waals surface area contributed by atoms with Gasteiger partial charge >= 0.3 is 0 Å². The monoisotopic (exact) mass is 576 g/mol. The molecule has 0 unspecified atom stereocenters. The van der Waals surface area contributed by atoms with E-state index in [4.69, 9.17) is 0 Å². The van der Waals surface area contributed by atoms with Crippen molar-refractivity contribution in [1.29, 1.82) is 0 Å². The van der Waals surface area contributed by atoms with Crippen LogP contribution >= 0.6 is 15.9 Å². The molecule has 1 aromatic heterocycles. The Morgan fingerprint density at radius 1 is 0.872 bits per heavy atom. The molecular formula is C31H21BrN4O3. The fourth-order valence-electron chi connectivity index (χ4n) is 6.65. The zero-order valence-corrected chi connectivity index (χ0v) is 22.1. The van der Waals surface area contributed by atoms with Gasteiger partial charge in [0.1, 0.15) is 0 Å². The van der Waals surface area contributed by atoms with Gasteiger partial charge in [-0.2, -0.15) is 5.10 Å². The van der Waals surface area contributed by atoms with Crippen molar-refractivity contribution in [2.75, 3.05) is 4.90 Å². The van der Waals surface area contributed by atoms with Crippen LogP contribution < -0.4 is 10.3 Å². The summed E-state index contributed by atoms with van der Waals surface area (Å²) in [6.45, 7) is 0. The van der Waals surface area contributed by atoms with Crippen molar-refractivity contribution in [3.05, 3.63) is 130 Å². The largest absolute Gasteiger partial charge is 0.274 e. The molecule has 3 amide bonds. The molecule has 8 rings (SSSR count). The number of carbonyl (C=O) groups excluding carboxylic acids is 3. The number of hydrogen-bond acceptors (Lipinski definition) is 5. The molecule has 4 aromatic rings. The summed E-state index contributed by atoms with van der Waals surface area (Å²) in [5, 5.41) is 4.43. The summed E-state index contributed by atoms with van der Waals surface area (Å²) in [5.41, 5.74) is 6.39. The molecule has 2 atom stereocenters. The quantitative estimate of drug-likeness (QED) is 0.214. The van der Waals surface area contributed by atoms with Crippen molar-refractivity contribution < 1.29 is 14.4 Å². The van der Waals surface area contributed by atoms with Crippen LogP contribution in [-0.2, 0) is 15.0 Å². The molecule has 1 aliphatic heterocycles. The van der Waals surface area contributed by atoms with Crippen LogP contribution in [0.25, 0.3) is 0 Å². The molecule has 0 saturated carbocycles. The van der Waals surface area contributed by atoms with Crippen molar-refractivity contribution in [2.45, 2.75) is 11.3 Å². The van der Waals surface area contributed by atoms with Crippen LogP contribution in [0.3, 0.4) is 0 Å². The van der Waals surface area contributed by atoms with Gasteiger partial charge in [-0.05, 0) is 58.7 Å². The lowest BCUT2D eigenvalue weighted by Crippen LogP contribution is -2.54. The lowest BCUT2D eigenvalue weighted by molar-refractivity contribution is -0.122. The van der Waals surface area contributed by atoms with Gasteiger partial charge in [0.15, 0.2) is 0 Å². The van der Waals surface area contributed by atoms with E-state index in [0.717, 1.165) is 26.7 Å². The highest BCUT2D eigenvalue weighted by Gasteiger charge is 2.68. The zero-order chi connectivity index (χ0) is 26.7. The normalized spacial score (nSPS) is 24.4. The van der Waals surface area contributed by atoms with Crippen molar-refractivity contribution >= 4 is 45.6 Å². The van der Waals surface area contributed by atoms with Gasteiger partial charge in [-0.15, -0.1) is 0 Å². The first kappa shape index (κ1) is 23.7. The van der Waals surface area contributed by atoms with Crippen LogP contribution in [-0.4, -0.2) is 28.9 Å². The zero-order valence-electron chi connectivity index (χ0n) is 20.5. The molecule has 4 aliphatic rings. The highest BCUT2D eigenvalue weighted by atomic mass is 79.9. The Bertz CT molecular complexity index is 1640. The summed E-state index contributed by atoms with van der Waals surface area (Å²) < 4.78 is 0.858. The summed E-state index contributed by atoms with van der Waals surface area (Å²) in [6, 6.07) is 26.3. The van der Waals surface area contributed by atoms with Crippen LogP contribution in [0.1, 0.15) is 38.5 Å².